The molecule has 0 saturated carbocycles. The topological polar surface area (TPSA) is 104 Å². The van der Waals surface area contributed by atoms with Gasteiger partial charge in [0.15, 0.2) is 11.6 Å². The highest BCUT2D eigenvalue weighted by Gasteiger charge is 2.16. The van der Waals surface area contributed by atoms with Crippen LogP contribution in [0.3, 0.4) is 0 Å². The van der Waals surface area contributed by atoms with Gasteiger partial charge in [-0.15, -0.1) is 0 Å². The van der Waals surface area contributed by atoms with Gasteiger partial charge in [0, 0.05) is 0 Å². The Morgan fingerprint density at radius 2 is 2.00 bits per heavy atom. The van der Waals surface area contributed by atoms with Crippen molar-refractivity contribution in [3.8, 4) is 6.07 Å². The first-order chi connectivity index (χ1) is 9.99. The Balaban J connectivity index is 2.83. The molecule has 0 saturated heterocycles. The van der Waals surface area contributed by atoms with Crippen molar-refractivity contribution in [3.05, 3.63) is 29.8 Å². The van der Waals surface area contributed by atoms with Crippen LogP contribution in [0, 0.1) is 23.0 Å². The monoisotopic (exact) mass is 296 g/mol. The van der Waals surface area contributed by atoms with Crippen LogP contribution >= 0.6 is 0 Å². The minimum atomic E-state index is -1.17. The molecule has 0 fully saturated rings. The van der Waals surface area contributed by atoms with Gasteiger partial charge in [-0.1, -0.05) is 6.07 Å². The van der Waals surface area contributed by atoms with E-state index in [4.69, 9.17) is 5.26 Å². The molecule has 2 amide bonds. The summed E-state index contributed by atoms with van der Waals surface area (Å²) in [5.41, 5.74) is 0.490. The Kier molecular flexibility index (Phi) is 5.76. The summed E-state index contributed by atoms with van der Waals surface area (Å²) in [7, 11) is 0. The van der Waals surface area contributed by atoms with E-state index >= 15 is 0 Å². The second-order valence-corrected chi connectivity index (χ2v) is 3.46. The first-order valence-electron chi connectivity index (χ1n) is 5.65. The summed E-state index contributed by atoms with van der Waals surface area (Å²) < 4.78 is 31.0. The standard InChI is InChI=1S/C12H10F2N4O3/c1-2-21-12(20)16-11(19)9(6-15)17-18-10-7(13)4-3-5-8(10)14/h3-5,18H,2H2,1H3,(H,16,19,20)/b17-9-. The Hall–Kier alpha value is -3.02. The molecule has 1 rings (SSSR count). The fraction of sp³-hybridized carbons (Fsp3) is 0.167. The van der Waals surface area contributed by atoms with Crippen LogP contribution in [0.1, 0.15) is 6.92 Å². The van der Waals surface area contributed by atoms with Crippen LogP contribution in [0.2, 0.25) is 0 Å². The SMILES string of the molecule is CCOC(=O)NC(=O)/C(C#N)=N\Nc1c(F)cccc1F. The first-order valence-corrected chi connectivity index (χ1v) is 5.65. The van der Waals surface area contributed by atoms with E-state index in [2.05, 4.69) is 9.84 Å². The van der Waals surface area contributed by atoms with E-state index in [-0.39, 0.29) is 6.61 Å². The second kappa shape index (κ2) is 7.54. The Morgan fingerprint density at radius 3 is 2.52 bits per heavy atom. The molecule has 110 valence electrons. The number of benzene rings is 1. The molecule has 0 aromatic heterocycles. The normalized spacial score (nSPS) is 10.5. The minimum absolute atomic E-state index is 0.0246. The number of anilines is 1. The fourth-order valence-electron chi connectivity index (χ4n) is 1.16. The average molecular weight is 296 g/mol. The third kappa shape index (κ3) is 4.54. The van der Waals surface area contributed by atoms with Crippen molar-refractivity contribution in [2.75, 3.05) is 12.0 Å². The number of nitriles is 1. The van der Waals surface area contributed by atoms with Crippen molar-refractivity contribution in [1.29, 1.82) is 5.26 Å². The van der Waals surface area contributed by atoms with Crippen LogP contribution in [0.4, 0.5) is 19.3 Å². The number of carbonyl (C=O) groups is 2. The number of hydrogen-bond donors (Lipinski definition) is 2. The molecule has 0 heterocycles. The number of nitrogens with one attached hydrogen (secondary N) is 2. The number of carbonyl (C=O) groups excluding carboxylic acids is 2. The van der Waals surface area contributed by atoms with Gasteiger partial charge in [0.2, 0.25) is 5.71 Å². The summed E-state index contributed by atoms with van der Waals surface area (Å²) in [5.74, 6) is -3.08. The number of halogens is 2. The predicted octanol–water partition coefficient (Wildman–Crippen LogP) is 1.53. The van der Waals surface area contributed by atoms with Gasteiger partial charge < -0.3 is 4.74 Å². The number of nitrogens with zero attached hydrogens (tertiary/aromatic N) is 2. The van der Waals surface area contributed by atoms with Gasteiger partial charge in [-0.3, -0.25) is 15.5 Å². The highest BCUT2D eigenvalue weighted by Crippen LogP contribution is 2.17. The lowest BCUT2D eigenvalue weighted by atomic mass is 10.3. The highest BCUT2D eigenvalue weighted by atomic mass is 19.1. The smallest absolute Gasteiger partial charge is 0.414 e. The van der Waals surface area contributed by atoms with Crippen molar-refractivity contribution in [3.63, 3.8) is 0 Å². The summed E-state index contributed by atoms with van der Waals surface area (Å²) in [6.45, 7) is 1.54. The summed E-state index contributed by atoms with van der Waals surface area (Å²) in [6.07, 6.45) is -1.07. The molecule has 0 aliphatic heterocycles. The van der Waals surface area contributed by atoms with Crippen LogP contribution in [0.5, 0.6) is 0 Å². The van der Waals surface area contributed by atoms with Crippen LogP contribution in [-0.2, 0) is 9.53 Å². The van der Waals surface area contributed by atoms with Gasteiger partial charge in [0.25, 0.3) is 5.91 Å². The molecule has 0 spiro atoms. The van der Waals surface area contributed by atoms with Crippen molar-refractivity contribution in [2.24, 2.45) is 5.10 Å². The third-order valence-corrected chi connectivity index (χ3v) is 2.05. The van der Waals surface area contributed by atoms with Crippen LogP contribution in [0.25, 0.3) is 0 Å². The number of para-hydroxylation sites is 1. The second-order valence-electron chi connectivity index (χ2n) is 3.46. The Bertz CT molecular complexity index is 605. The van der Waals surface area contributed by atoms with Gasteiger partial charge in [-0.25, -0.2) is 13.6 Å². The van der Waals surface area contributed by atoms with E-state index in [1.807, 2.05) is 5.43 Å². The van der Waals surface area contributed by atoms with E-state index in [0.29, 0.717) is 0 Å². The molecule has 0 aliphatic rings. The molecule has 1 aromatic carbocycles. The maximum Gasteiger partial charge on any atom is 0.414 e. The van der Waals surface area contributed by atoms with Gasteiger partial charge in [-0.05, 0) is 19.1 Å². The summed E-state index contributed by atoms with van der Waals surface area (Å²) in [4.78, 5) is 22.5. The maximum atomic E-state index is 13.3. The number of alkyl carbamates (subject to hydrolysis) is 1. The number of rotatable bonds is 4. The molecule has 1 aromatic rings. The highest BCUT2D eigenvalue weighted by molar-refractivity contribution is 6.46. The zero-order valence-corrected chi connectivity index (χ0v) is 10.8. The Labute approximate surface area is 118 Å². The predicted molar refractivity (Wildman–Crippen MR) is 68.2 cm³/mol. The van der Waals surface area contributed by atoms with Crippen LogP contribution in [0.15, 0.2) is 23.3 Å². The van der Waals surface area contributed by atoms with Crippen molar-refractivity contribution >= 4 is 23.4 Å². The van der Waals surface area contributed by atoms with E-state index < -0.39 is 35.0 Å². The van der Waals surface area contributed by atoms with Crippen LogP contribution < -0.4 is 10.7 Å². The van der Waals surface area contributed by atoms with Crippen molar-refractivity contribution < 1.29 is 23.1 Å². The number of ether oxygens (including phenoxy) is 1. The lowest BCUT2D eigenvalue weighted by molar-refractivity contribution is -0.114. The molecule has 7 nitrogen and oxygen atoms in total. The molecule has 21 heavy (non-hydrogen) atoms. The van der Waals surface area contributed by atoms with E-state index in [9.17, 15) is 18.4 Å². The lowest BCUT2D eigenvalue weighted by Gasteiger charge is -2.05. The lowest BCUT2D eigenvalue weighted by Crippen LogP contribution is -2.36. The molecule has 0 atom stereocenters. The summed E-state index contributed by atoms with van der Waals surface area (Å²) in [6, 6.07) is 4.45. The molecule has 0 bridgehead atoms. The van der Waals surface area contributed by atoms with Gasteiger partial charge >= 0.3 is 6.09 Å². The first kappa shape index (κ1) is 16.0. The van der Waals surface area contributed by atoms with Crippen molar-refractivity contribution in [2.45, 2.75) is 6.92 Å². The Morgan fingerprint density at radius 1 is 1.38 bits per heavy atom. The zero-order valence-electron chi connectivity index (χ0n) is 10.8. The van der Waals surface area contributed by atoms with Crippen LogP contribution in [-0.4, -0.2) is 24.3 Å². The molecule has 0 unspecified atom stereocenters. The minimum Gasteiger partial charge on any atom is -0.450 e. The third-order valence-electron chi connectivity index (χ3n) is 2.05. The van der Waals surface area contributed by atoms with E-state index in [1.165, 1.54) is 13.0 Å². The van der Waals surface area contributed by atoms with Gasteiger partial charge in [0.1, 0.15) is 11.8 Å². The van der Waals surface area contributed by atoms with E-state index in [0.717, 1.165) is 18.2 Å². The number of imide groups is 1. The maximum absolute atomic E-state index is 13.3. The molecule has 0 radical (unpaired) electrons. The number of hydrogen-bond acceptors (Lipinski definition) is 6. The summed E-state index contributed by atoms with van der Waals surface area (Å²) >= 11 is 0. The molecule has 2 N–H and O–H groups in total. The molecule has 9 heteroatoms. The molecule has 0 aliphatic carbocycles. The number of amides is 2. The van der Waals surface area contributed by atoms with E-state index in [1.54, 1.807) is 5.32 Å². The molecular weight excluding hydrogens is 286 g/mol. The largest absolute Gasteiger partial charge is 0.450 e. The fourth-order valence-corrected chi connectivity index (χ4v) is 1.16. The number of hydrazone groups is 1. The van der Waals surface area contributed by atoms with Gasteiger partial charge in [-0.2, -0.15) is 10.4 Å². The zero-order chi connectivity index (χ0) is 15.8. The van der Waals surface area contributed by atoms with Gasteiger partial charge in [0.05, 0.1) is 6.61 Å². The quantitative estimate of drug-likeness (QED) is 0.647. The molecular formula is C12H10F2N4O3. The average Bonchev–Trinajstić information content (AvgIpc) is 2.42. The summed E-state index contributed by atoms with van der Waals surface area (Å²) in [5, 5.41) is 13.7. The van der Waals surface area contributed by atoms with Crippen molar-refractivity contribution in [1.82, 2.24) is 5.32 Å².